The maximum Gasteiger partial charge on any atom is 0.308 e. The van der Waals surface area contributed by atoms with E-state index in [1.54, 1.807) is 12.1 Å². The lowest BCUT2D eigenvalue weighted by atomic mass is 10.2. The van der Waals surface area contributed by atoms with Crippen molar-refractivity contribution in [3.05, 3.63) is 29.0 Å². The Hall–Kier alpha value is -2.68. The number of methoxy groups -OCH3 is 1. The van der Waals surface area contributed by atoms with Crippen molar-refractivity contribution in [2.75, 3.05) is 12.9 Å². The van der Waals surface area contributed by atoms with Crippen molar-refractivity contribution in [3.8, 4) is 22.9 Å². The quantitative estimate of drug-likeness (QED) is 0.769. The van der Waals surface area contributed by atoms with Crippen molar-refractivity contribution in [3.63, 3.8) is 0 Å². The van der Waals surface area contributed by atoms with E-state index in [0.717, 1.165) is 0 Å². The minimum absolute atomic E-state index is 0.132. The molecule has 1 amide bonds. The van der Waals surface area contributed by atoms with Gasteiger partial charge in [0.15, 0.2) is 5.49 Å². The molecule has 1 aliphatic heterocycles. The summed E-state index contributed by atoms with van der Waals surface area (Å²) in [7, 11) is -2.16. The van der Waals surface area contributed by atoms with Crippen LogP contribution in [-0.2, 0) is 14.9 Å². The van der Waals surface area contributed by atoms with Crippen molar-refractivity contribution >= 4 is 22.1 Å². The molecule has 1 aliphatic rings. The summed E-state index contributed by atoms with van der Waals surface area (Å²) in [6.45, 7) is 1.50. The van der Waals surface area contributed by atoms with Gasteiger partial charge < -0.3 is 13.9 Å². The highest BCUT2D eigenvalue weighted by molar-refractivity contribution is 7.87. The maximum atomic E-state index is 11.6. The summed E-state index contributed by atoms with van der Waals surface area (Å²) in [6.07, 6.45) is 1.95. The van der Waals surface area contributed by atoms with Crippen molar-refractivity contribution in [2.45, 2.75) is 13.3 Å². The van der Waals surface area contributed by atoms with E-state index in [0.29, 0.717) is 28.0 Å². The molecule has 0 saturated carbocycles. The van der Waals surface area contributed by atoms with Gasteiger partial charge in [-0.05, 0) is 25.1 Å². The number of amides is 1. The largest absolute Gasteiger partial charge is 0.496 e. The van der Waals surface area contributed by atoms with Gasteiger partial charge in [-0.2, -0.15) is 13.4 Å². The molecule has 0 unspecified atom stereocenters. The van der Waals surface area contributed by atoms with Crippen LogP contribution in [0.4, 0.5) is 0 Å². The van der Waals surface area contributed by atoms with Crippen molar-refractivity contribution in [1.82, 2.24) is 9.97 Å². The number of fused-ring (bicyclic) bond motifs is 1. The molecule has 24 heavy (non-hydrogen) atoms. The molecule has 126 valence electrons. The van der Waals surface area contributed by atoms with Gasteiger partial charge in [-0.25, -0.2) is 4.98 Å². The van der Waals surface area contributed by atoms with Crippen LogP contribution in [0.15, 0.2) is 23.2 Å². The zero-order valence-electron chi connectivity index (χ0n) is 13.1. The van der Waals surface area contributed by atoms with Gasteiger partial charge in [0, 0.05) is 12.5 Å². The summed E-state index contributed by atoms with van der Waals surface area (Å²) < 4.78 is 33.4. The summed E-state index contributed by atoms with van der Waals surface area (Å²) in [5.74, 6) is 0.627. The van der Waals surface area contributed by atoms with Gasteiger partial charge in [-0.15, -0.1) is 0 Å². The van der Waals surface area contributed by atoms with E-state index >= 15 is 0 Å². The monoisotopic (exact) mass is 349 g/mol. The number of nitrogens with one attached hydrogen (secondary N) is 1. The van der Waals surface area contributed by atoms with Gasteiger partial charge in [0.2, 0.25) is 0 Å². The minimum atomic E-state index is -3.62. The Balaban J connectivity index is 2.04. The fraction of sp³-hybridized carbons (Fsp3) is 0.267. The standard InChI is InChI=1S/C15H15N3O5S/c1-3-24(20,21)23-9-4-5-10(12(8-9)22-2)14-16-11-6-7-13(19)17-15(11)18-14/h4-6,8H,3,7H2,1-2H3,(H,16,17,18,19). The topological polar surface area (TPSA) is 111 Å². The average Bonchev–Trinajstić information content (AvgIpc) is 2.97. The first-order valence-electron chi connectivity index (χ1n) is 7.20. The number of benzene rings is 1. The number of H-pyrrole nitrogens is 1. The highest BCUT2D eigenvalue weighted by Crippen LogP contribution is 2.31. The maximum absolute atomic E-state index is 11.6. The second kappa shape index (κ2) is 6.08. The Labute approximate surface area is 138 Å². The van der Waals surface area contributed by atoms with Gasteiger partial charge in [-0.3, -0.25) is 4.79 Å². The normalized spacial score (nSPS) is 13.7. The molecule has 0 aliphatic carbocycles. The van der Waals surface area contributed by atoms with Crippen molar-refractivity contribution in [2.24, 2.45) is 4.99 Å². The fourth-order valence-electron chi connectivity index (χ4n) is 2.21. The molecule has 0 saturated heterocycles. The molecule has 1 aromatic carbocycles. The Kier molecular flexibility index (Phi) is 4.10. The minimum Gasteiger partial charge on any atom is -0.496 e. The molecule has 8 nitrogen and oxygen atoms in total. The molecule has 9 heteroatoms. The van der Waals surface area contributed by atoms with Crippen LogP contribution < -0.4 is 19.8 Å². The van der Waals surface area contributed by atoms with Crippen LogP contribution >= 0.6 is 0 Å². The lowest BCUT2D eigenvalue weighted by Crippen LogP contribution is -2.29. The average molecular weight is 349 g/mol. The molecule has 2 heterocycles. The van der Waals surface area contributed by atoms with Crippen LogP contribution in [0, 0.1) is 0 Å². The Morgan fingerprint density at radius 1 is 1.33 bits per heavy atom. The summed E-state index contributed by atoms with van der Waals surface area (Å²) in [4.78, 5) is 22.6. The summed E-state index contributed by atoms with van der Waals surface area (Å²) in [5, 5.41) is 0.667. The first-order valence-corrected chi connectivity index (χ1v) is 8.78. The first kappa shape index (κ1) is 16.2. The van der Waals surface area contributed by atoms with Crippen LogP contribution in [0.2, 0.25) is 0 Å². The number of nitrogens with zero attached hydrogens (tertiary/aromatic N) is 2. The lowest BCUT2D eigenvalue weighted by molar-refractivity contribution is -0.117. The summed E-state index contributed by atoms with van der Waals surface area (Å²) >= 11 is 0. The smallest absolute Gasteiger partial charge is 0.308 e. The highest BCUT2D eigenvalue weighted by Gasteiger charge is 2.16. The van der Waals surface area contributed by atoms with E-state index in [4.69, 9.17) is 8.92 Å². The van der Waals surface area contributed by atoms with Crippen LogP contribution in [0.3, 0.4) is 0 Å². The Morgan fingerprint density at radius 3 is 2.83 bits per heavy atom. The molecule has 0 bridgehead atoms. The van der Waals surface area contributed by atoms with E-state index in [2.05, 4.69) is 15.0 Å². The zero-order valence-corrected chi connectivity index (χ0v) is 13.9. The predicted octanol–water partition coefficient (Wildman–Crippen LogP) is 0.144. The van der Waals surface area contributed by atoms with Gasteiger partial charge in [0.05, 0.1) is 23.8 Å². The lowest BCUT2D eigenvalue weighted by Gasteiger charge is -2.09. The van der Waals surface area contributed by atoms with E-state index < -0.39 is 10.1 Å². The number of rotatable bonds is 5. The molecule has 0 radical (unpaired) electrons. The van der Waals surface area contributed by atoms with Crippen LogP contribution in [0.1, 0.15) is 13.3 Å². The molecule has 0 atom stereocenters. The van der Waals surface area contributed by atoms with Gasteiger partial charge in [-0.1, -0.05) is 0 Å². The number of carbonyl (C=O) groups is 1. The number of aromatic nitrogens is 2. The summed E-state index contributed by atoms with van der Waals surface area (Å²) in [5.41, 5.74) is 0.932. The number of carbonyl (C=O) groups excluding carboxylic acids is 1. The third-order valence-electron chi connectivity index (χ3n) is 3.43. The molecular formula is C15H15N3O5S. The van der Waals surface area contributed by atoms with Crippen molar-refractivity contribution < 1.29 is 22.1 Å². The van der Waals surface area contributed by atoms with Crippen LogP contribution in [-0.4, -0.2) is 37.2 Å². The first-order chi connectivity index (χ1) is 11.4. The zero-order chi connectivity index (χ0) is 17.3. The SMILES string of the molecule is CCS(=O)(=O)Oc1ccc(-c2nc3c([nH]2)=CCC(=O)N=3)c(OC)c1. The van der Waals surface area contributed by atoms with E-state index in [1.165, 1.54) is 26.2 Å². The van der Waals surface area contributed by atoms with Crippen LogP contribution in [0.25, 0.3) is 17.5 Å². The molecule has 0 fully saturated rings. The van der Waals surface area contributed by atoms with Gasteiger partial charge >= 0.3 is 10.1 Å². The second-order valence-corrected chi connectivity index (χ2v) is 6.89. The molecule has 1 N–H and O–H groups in total. The Morgan fingerprint density at radius 2 is 2.12 bits per heavy atom. The third-order valence-corrected chi connectivity index (χ3v) is 4.58. The number of ether oxygens (including phenoxy) is 1. The van der Waals surface area contributed by atoms with Crippen molar-refractivity contribution in [1.29, 1.82) is 0 Å². The highest BCUT2D eigenvalue weighted by atomic mass is 32.2. The van der Waals surface area contributed by atoms with E-state index in [9.17, 15) is 13.2 Å². The van der Waals surface area contributed by atoms with Crippen LogP contribution in [0.5, 0.6) is 11.5 Å². The number of imidazole rings is 1. The molecule has 1 aromatic heterocycles. The Bertz CT molecular complexity index is 1020. The number of hydrogen-bond acceptors (Lipinski definition) is 6. The molecule has 3 rings (SSSR count). The predicted molar refractivity (Wildman–Crippen MR) is 85.5 cm³/mol. The molecule has 0 spiro atoms. The third kappa shape index (κ3) is 3.16. The molecule has 2 aromatic rings. The van der Waals surface area contributed by atoms with Gasteiger partial charge in [0.25, 0.3) is 5.91 Å². The number of hydrogen-bond donors (Lipinski definition) is 1. The van der Waals surface area contributed by atoms with Gasteiger partial charge in [0.1, 0.15) is 17.3 Å². The fourth-order valence-corrected chi connectivity index (χ4v) is 2.73. The van der Waals surface area contributed by atoms with E-state index in [1.807, 2.05) is 0 Å². The number of aromatic amines is 1. The molecular weight excluding hydrogens is 334 g/mol. The second-order valence-electron chi connectivity index (χ2n) is 5.03. The summed E-state index contributed by atoms with van der Waals surface area (Å²) in [6, 6.07) is 4.61. The van der Waals surface area contributed by atoms with E-state index in [-0.39, 0.29) is 23.8 Å².